The fourth-order valence-corrected chi connectivity index (χ4v) is 2.00. The molecule has 0 aliphatic heterocycles. The lowest BCUT2D eigenvalue weighted by molar-refractivity contribution is -0.185. The van der Waals surface area contributed by atoms with Crippen LogP contribution < -0.4 is 11.1 Å². The van der Waals surface area contributed by atoms with Gasteiger partial charge >= 0.3 is 12.1 Å². The third-order valence-electron chi connectivity index (χ3n) is 3.50. The fraction of sp³-hybridized carbons (Fsp3) is 0.500. The maximum Gasteiger partial charge on any atom is 0.471 e. The van der Waals surface area contributed by atoms with Crippen LogP contribution in [-0.4, -0.2) is 35.5 Å². The molecular formula is C16H22F3N3O2. The van der Waals surface area contributed by atoms with Crippen LogP contribution in [0.25, 0.3) is 0 Å². The Hall–Kier alpha value is -2.09. The van der Waals surface area contributed by atoms with Crippen LogP contribution in [0, 0.1) is 5.92 Å². The van der Waals surface area contributed by atoms with Gasteiger partial charge in [-0.25, -0.2) is 0 Å². The van der Waals surface area contributed by atoms with Crippen molar-refractivity contribution >= 4 is 17.5 Å². The van der Waals surface area contributed by atoms with E-state index in [4.69, 9.17) is 5.73 Å². The van der Waals surface area contributed by atoms with Crippen molar-refractivity contribution in [2.75, 3.05) is 11.9 Å². The predicted molar refractivity (Wildman–Crippen MR) is 85.0 cm³/mol. The molecule has 0 fully saturated rings. The van der Waals surface area contributed by atoms with Crippen LogP contribution in [0.1, 0.15) is 26.3 Å². The van der Waals surface area contributed by atoms with Crippen LogP contribution in [0.2, 0.25) is 0 Å². The Morgan fingerprint density at radius 3 is 2.42 bits per heavy atom. The molecule has 0 bridgehead atoms. The lowest BCUT2D eigenvalue weighted by Crippen LogP contribution is -2.40. The Labute approximate surface area is 139 Å². The van der Waals surface area contributed by atoms with E-state index in [1.165, 1.54) is 13.0 Å². The average molecular weight is 345 g/mol. The number of nitrogens with zero attached hydrogens (tertiary/aromatic N) is 1. The second-order valence-corrected chi connectivity index (χ2v) is 5.78. The summed E-state index contributed by atoms with van der Waals surface area (Å²) in [6, 6.07) is 5.63. The third-order valence-corrected chi connectivity index (χ3v) is 3.50. The second-order valence-electron chi connectivity index (χ2n) is 5.78. The number of nitrogens with one attached hydrogen (secondary N) is 1. The number of anilines is 1. The third kappa shape index (κ3) is 5.52. The maximum absolute atomic E-state index is 12.5. The summed E-state index contributed by atoms with van der Waals surface area (Å²) in [6.07, 6.45) is -4.91. The summed E-state index contributed by atoms with van der Waals surface area (Å²) in [6.45, 7) is 4.81. The number of alkyl halides is 3. The number of rotatable bonds is 6. The minimum atomic E-state index is -4.91. The number of halogens is 3. The van der Waals surface area contributed by atoms with E-state index < -0.39 is 18.1 Å². The van der Waals surface area contributed by atoms with Crippen molar-refractivity contribution in [1.82, 2.24) is 4.90 Å². The fourth-order valence-electron chi connectivity index (χ4n) is 2.00. The van der Waals surface area contributed by atoms with E-state index in [1.807, 2.05) is 13.8 Å². The molecule has 1 rings (SSSR count). The molecule has 0 unspecified atom stereocenters. The van der Waals surface area contributed by atoms with Crippen molar-refractivity contribution in [3.8, 4) is 0 Å². The summed E-state index contributed by atoms with van der Waals surface area (Å²) in [5.41, 5.74) is 6.64. The molecule has 5 nitrogen and oxygen atoms in total. The zero-order chi connectivity index (χ0) is 18.5. The Morgan fingerprint density at radius 2 is 1.92 bits per heavy atom. The molecule has 0 saturated heterocycles. The lowest BCUT2D eigenvalue weighted by Gasteiger charge is -2.22. The summed E-state index contributed by atoms with van der Waals surface area (Å²) >= 11 is 0. The first-order valence-electron chi connectivity index (χ1n) is 7.57. The first kappa shape index (κ1) is 20.0. The quantitative estimate of drug-likeness (QED) is 0.832. The predicted octanol–water partition coefficient (Wildman–Crippen LogP) is 2.52. The first-order valence-corrected chi connectivity index (χ1v) is 7.57. The number of nitrogens with two attached hydrogens (primary N) is 1. The van der Waals surface area contributed by atoms with Gasteiger partial charge in [0.05, 0.1) is 6.04 Å². The van der Waals surface area contributed by atoms with E-state index >= 15 is 0 Å². The maximum atomic E-state index is 12.5. The summed E-state index contributed by atoms with van der Waals surface area (Å²) in [5.74, 6) is -2.31. The number of hydrogen-bond donors (Lipinski definition) is 2. The molecule has 8 heteroatoms. The largest absolute Gasteiger partial charge is 0.471 e. The van der Waals surface area contributed by atoms with Crippen molar-refractivity contribution < 1.29 is 22.8 Å². The van der Waals surface area contributed by atoms with Crippen molar-refractivity contribution in [3.63, 3.8) is 0 Å². The van der Waals surface area contributed by atoms with Gasteiger partial charge in [-0.3, -0.25) is 9.59 Å². The highest BCUT2D eigenvalue weighted by atomic mass is 19.4. The van der Waals surface area contributed by atoms with E-state index in [-0.39, 0.29) is 24.9 Å². The Morgan fingerprint density at radius 1 is 1.29 bits per heavy atom. The monoisotopic (exact) mass is 345 g/mol. The molecule has 3 N–H and O–H groups in total. The van der Waals surface area contributed by atoms with E-state index in [2.05, 4.69) is 5.32 Å². The molecule has 0 aromatic heterocycles. The van der Waals surface area contributed by atoms with Gasteiger partial charge < -0.3 is 16.0 Å². The van der Waals surface area contributed by atoms with Gasteiger partial charge in [-0.1, -0.05) is 26.0 Å². The van der Waals surface area contributed by atoms with Crippen molar-refractivity contribution in [2.45, 2.75) is 39.5 Å². The highest BCUT2D eigenvalue weighted by molar-refractivity contribution is 5.94. The summed E-state index contributed by atoms with van der Waals surface area (Å²) in [7, 11) is 0. The normalized spacial score (nSPS) is 12.8. The smallest absolute Gasteiger partial charge is 0.331 e. The summed E-state index contributed by atoms with van der Waals surface area (Å²) < 4.78 is 37.6. The molecule has 0 saturated carbocycles. The highest BCUT2D eigenvalue weighted by Gasteiger charge is 2.41. The van der Waals surface area contributed by atoms with Gasteiger partial charge in [0, 0.05) is 18.8 Å². The van der Waals surface area contributed by atoms with Gasteiger partial charge in [-0.2, -0.15) is 13.2 Å². The Balaban J connectivity index is 2.85. The average Bonchev–Trinajstić information content (AvgIpc) is 2.50. The Kier molecular flexibility index (Phi) is 6.77. The minimum Gasteiger partial charge on any atom is -0.331 e. The zero-order valence-corrected chi connectivity index (χ0v) is 13.9. The highest BCUT2D eigenvalue weighted by Crippen LogP contribution is 2.21. The van der Waals surface area contributed by atoms with Crippen molar-refractivity contribution in [3.05, 3.63) is 29.8 Å². The molecule has 134 valence electrons. The summed E-state index contributed by atoms with van der Waals surface area (Å²) in [5, 5.41) is 2.62. The van der Waals surface area contributed by atoms with Gasteiger partial charge in [0.15, 0.2) is 0 Å². The minimum absolute atomic E-state index is 0.0480. The number of carbonyl (C=O) groups is 2. The van der Waals surface area contributed by atoms with Gasteiger partial charge in [-0.05, 0) is 30.5 Å². The molecule has 24 heavy (non-hydrogen) atoms. The molecule has 1 aromatic rings. The van der Waals surface area contributed by atoms with Crippen LogP contribution in [0.5, 0.6) is 0 Å². The van der Waals surface area contributed by atoms with Crippen LogP contribution >= 0.6 is 0 Å². The van der Waals surface area contributed by atoms with E-state index in [1.54, 1.807) is 18.2 Å². The van der Waals surface area contributed by atoms with E-state index in [0.717, 1.165) is 0 Å². The van der Waals surface area contributed by atoms with Crippen LogP contribution in [0.4, 0.5) is 18.9 Å². The molecule has 2 amide bonds. The molecule has 0 heterocycles. The molecule has 0 aliphatic carbocycles. The molecular weight excluding hydrogens is 323 g/mol. The van der Waals surface area contributed by atoms with Gasteiger partial charge in [-0.15, -0.1) is 0 Å². The number of amides is 2. The molecule has 0 aliphatic rings. The van der Waals surface area contributed by atoms with Gasteiger partial charge in [0.2, 0.25) is 5.91 Å². The first-order chi connectivity index (χ1) is 11.1. The molecule has 0 spiro atoms. The SMILES string of the molecule is CCN(Cc1cccc(NC(=O)[C@@H](N)C(C)C)c1)C(=O)C(F)(F)F. The number of carbonyl (C=O) groups excluding carboxylic acids is 2. The van der Waals surface area contributed by atoms with Crippen LogP contribution in [0.15, 0.2) is 24.3 Å². The Bertz CT molecular complexity index is 588. The standard InChI is InChI=1S/C16H22F3N3O2/c1-4-22(15(24)16(17,18)19)9-11-6-5-7-12(8-11)21-14(23)13(20)10(2)3/h5-8,10,13H,4,9,20H2,1-3H3,(H,21,23)/t13-/m0/s1. The molecule has 1 aromatic carbocycles. The van der Waals surface area contributed by atoms with Crippen LogP contribution in [-0.2, 0) is 16.1 Å². The molecule has 0 radical (unpaired) electrons. The van der Waals surface area contributed by atoms with E-state index in [0.29, 0.717) is 16.2 Å². The van der Waals surface area contributed by atoms with Crippen LogP contribution in [0.3, 0.4) is 0 Å². The van der Waals surface area contributed by atoms with Crippen molar-refractivity contribution in [1.29, 1.82) is 0 Å². The van der Waals surface area contributed by atoms with E-state index in [9.17, 15) is 22.8 Å². The number of hydrogen-bond acceptors (Lipinski definition) is 3. The summed E-state index contributed by atoms with van der Waals surface area (Å²) in [4.78, 5) is 24.0. The topological polar surface area (TPSA) is 75.4 Å². The molecule has 1 atom stereocenters. The van der Waals surface area contributed by atoms with Crippen molar-refractivity contribution in [2.24, 2.45) is 11.7 Å². The number of benzene rings is 1. The zero-order valence-electron chi connectivity index (χ0n) is 13.9. The second kappa shape index (κ2) is 8.14. The van der Waals surface area contributed by atoms with Gasteiger partial charge in [0.25, 0.3) is 0 Å². The van der Waals surface area contributed by atoms with Gasteiger partial charge in [0.1, 0.15) is 0 Å². The lowest BCUT2D eigenvalue weighted by atomic mass is 10.0.